The Morgan fingerprint density at radius 1 is 1.14 bits per heavy atom. The van der Waals surface area contributed by atoms with Gasteiger partial charge in [-0.3, -0.25) is 0 Å². The average molecular weight is 503 g/mol. The molecule has 0 amide bonds. The van der Waals surface area contributed by atoms with Crippen LogP contribution in [0.3, 0.4) is 0 Å². The van der Waals surface area contributed by atoms with Gasteiger partial charge in [0.05, 0.1) is 12.1 Å². The molecule has 4 rings (SSSR count). The van der Waals surface area contributed by atoms with E-state index in [0.29, 0.717) is 59.9 Å². The second kappa shape index (κ2) is 9.77. The van der Waals surface area contributed by atoms with Crippen molar-refractivity contribution in [3.8, 4) is 5.75 Å². The van der Waals surface area contributed by atoms with Crippen LogP contribution in [0, 0.1) is 19.7 Å². The smallest absolute Gasteiger partial charge is 0.417 e. The van der Waals surface area contributed by atoms with Crippen molar-refractivity contribution in [2.45, 2.75) is 26.6 Å². The number of alkyl halides is 3. The van der Waals surface area contributed by atoms with Crippen LogP contribution in [-0.2, 0) is 11.3 Å². The predicted molar refractivity (Wildman–Crippen MR) is 132 cm³/mol. The molecule has 0 aliphatic carbocycles. The van der Waals surface area contributed by atoms with E-state index in [9.17, 15) is 22.4 Å². The van der Waals surface area contributed by atoms with Crippen LogP contribution >= 0.6 is 0 Å². The van der Waals surface area contributed by atoms with Gasteiger partial charge in [-0.15, -0.1) is 0 Å². The maximum Gasteiger partial charge on any atom is 0.491 e. The van der Waals surface area contributed by atoms with E-state index in [1.807, 2.05) is 9.47 Å². The number of nitrogens with zero attached hydrogens (tertiary/aromatic N) is 3. The van der Waals surface area contributed by atoms with E-state index in [-0.39, 0.29) is 17.8 Å². The molecular formula is C26H26F4N4O2. The number of aryl methyl sites for hydroxylation is 1. The number of carbonyl (C=O) groups is 1. The fourth-order valence-electron chi connectivity index (χ4n) is 4.28. The molecule has 0 saturated carbocycles. The number of fused-ring (bicyclic) bond motifs is 1. The van der Waals surface area contributed by atoms with Crippen molar-refractivity contribution in [2.24, 2.45) is 0 Å². The van der Waals surface area contributed by atoms with E-state index in [4.69, 9.17) is 4.74 Å². The van der Waals surface area contributed by atoms with Crippen molar-refractivity contribution in [2.75, 3.05) is 31.1 Å². The summed E-state index contributed by atoms with van der Waals surface area (Å²) in [5, 5.41) is 3.26. The third-order valence-electron chi connectivity index (χ3n) is 6.28. The largest absolute Gasteiger partial charge is 0.491 e. The highest BCUT2D eigenvalue weighted by Gasteiger charge is 2.42. The first-order valence-corrected chi connectivity index (χ1v) is 11.4. The van der Waals surface area contributed by atoms with Crippen LogP contribution in [0.1, 0.15) is 27.8 Å². The number of halogens is 4. The summed E-state index contributed by atoms with van der Waals surface area (Å²) < 4.78 is 60.4. The molecule has 1 aliphatic heterocycles. The van der Waals surface area contributed by atoms with Gasteiger partial charge in [0.25, 0.3) is 0 Å². The van der Waals surface area contributed by atoms with Crippen LogP contribution in [0.2, 0.25) is 0 Å². The lowest BCUT2D eigenvalue weighted by molar-refractivity contribution is -0.189. The normalized spacial score (nSPS) is 14.2. The van der Waals surface area contributed by atoms with Gasteiger partial charge >= 0.3 is 12.1 Å². The summed E-state index contributed by atoms with van der Waals surface area (Å²) in [6.07, 6.45) is -2.32. The second-order valence-electron chi connectivity index (χ2n) is 8.63. The van der Waals surface area contributed by atoms with E-state index < -0.39 is 18.0 Å². The lowest BCUT2D eigenvalue weighted by atomic mass is 10.0. The van der Waals surface area contributed by atoms with Gasteiger partial charge < -0.3 is 19.5 Å². The molecule has 1 aliphatic rings. The third kappa shape index (κ3) is 4.73. The molecule has 0 spiro atoms. The van der Waals surface area contributed by atoms with Crippen molar-refractivity contribution in [3.05, 3.63) is 65.0 Å². The van der Waals surface area contributed by atoms with Gasteiger partial charge in [0.1, 0.15) is 11.3 Å². The van der Waals surface area contributed by atoms with Crippen molar-refractivity contribution in [1.82, 2.24) is 14.9 Å². The summed E-state index contributed by atoms with van der Waals surface area (Å²) in [6.45, 7) is 13.6. The van der Waals surface area contributed by atoms with Crippen LogP contribution in [0.25, 0.3) is 23.2 Å². The summed E-state index contributed by atoms with van der Waals surface area (Å²) in [4.78, 5) is 18.4. The molecule has 36 heavy (non-hydrogen) atoms. The van der Waals surface area contributed by atoms with Crippen LogP contribution < -0.4 is 15.0 Å². The van der Waals surface area contributed by atoms with Crippen molar-refractivity contribution in [1.29, 1.82) is 0 Å². The molecule has 1 saturated heterocycles. The highest BCUT2D eigenvalue weighted by Crippen LogP contribution is 2.36. The summed E-state index contributed by atoms with van der Waals surface area (Å²) in [6, 6.07) is 5.13. The molecule has 1 fully saturated rings. The Morgan fingerprint density at radius 3 is 2.31 bits per heavy atom. The Labute approximate surface area is 205 Å². The number of ether oxygens (including phenoxy) is 1. The Hall–Kier alpha value is -3.66. The maximum atomic E-state index is 14.6. The highest BCUT2D eigenvalue weighted by molar-refractivity contribution is 5.91. The number of benzene rings is 2. The fourth-order valence-corrected chi connectivity index (χ4v) is 4.28. The van der Waals surface area contributed by atoms with Crippen molar-refractivity contribution in [3.63, 3.8) is 0 Å². The van der Waals surface area contributed by atoms with Crippen molar-refractivity contribution < 1.29 is 27.1 Å². The molecule has 190 valence electrons. The molecule has 2 heterocycles. The standard InChI is InChI=1S/C26H26F4N4O2/c1-5-18-12-17(13-19(6-2)21(18)27)14-34-20-11-15(3)16(4)23(36-24(35)26(28,29)30)22(20)32-25(34)33-9-7-31-8-10-33/h5-6,11-13,31H,1-2,7-10,14H2,3-4H3. The maximum absolute atomic E-state index is 14.6. The number of nitrogens with one attached hydrogen (secondary N) is 1. The van der Waals surface area contributed by atoms with E-state index in [0.717, 1.165) is 5.56 Å². The average Bonchev–Trinajstić information content (AvgIpc) is 3.20. The number of carbonyl (C=O) groups excluding carboxylic acids is 1. The van der Waals surface area contributed by atoms with Gasteiger partial charge in [-0.2, -0.15) is 13.2 Å². The van der Waals surface area contributed by atoms with Crippen LogP contribution in [0.15, 0.2) is 31.4 Å². The first-order chi connectivity index (χ1) is 17.0. The van der Waals surface area contributed by atoms with E-state index in [1.54, 1.807) is 32.0 Å². The molecule has 1 aromatic heterocycles. The molecule has 6 nitrogen and oxygen atoms in total. The van der Waals surface area contributed by atoms with Gasteiger partial charge in [-0.25, -0.2) is 14.2 Å². The number of esters is 1. The Kier molecular flexibility index (Phi) is 6.90. The Balaban J connectivity index is 1.93. The number of rotatable bonds is 6. The zero-order chi connectivity index (χ0) is 26.2. The molecule has 0 bridgehead atoms. The van der Waals surface area contributed by atoms with Crippen LogP contribution in [-0.4, -0.2) is 47.9 Å². The van der Waals surface area contributed by atoms with Crippen molar-refractivity contribution >= 4 is 35.1 Å². The third-order valence-corrected chi connectivity index (χ3v) is 6.28. The number of piperazine rings is 1. The second-order valence-corrected chi connectivity index (χ2v) is 8.63. The topological polar surface area (TPSA) is 59.4 Å². The minimum Gasteiger partial charge on any atom is -0.417 e. The van der Waals surface area contributed by atoms with Crippen LogP contribution in [0.5, 0.6) is 5.75 Å². The number of aromatic nitrogens is 2. The van der Waals surface area contributed by atoms with Gasteiger partial charge in [-0.05, 0) is 48.7 Å². The van der Waals surface area contributed by atoms with E-state index in [2.05, 4.69) is 23.5 Å². The number of imidazole rings is 1. The minimum absolute atomic E-state index is 0.152. The summed E-state index contributed by atoms with van der Waals surface area (Å²) >= 11 is 0. The summed E-state index contributed by atoms with van der Waals surface area (Å²) in [5.74, 6) is -2.44. The number of hydrogen-bond acceptors (Lipinski definition) is 5. The Morgan fingerprint density at radius 2 is 1.75 bits per heavy atom. The predicted octanol–water partition coefficient (Wildman–Crippen LogP) is 5.00. The molecular weight excluding hydrogens is 476 g/mol. The highest BCUT2D eigenvalue weighted by atomic mass is 19.4. The van der Waals surface area contributed by atoms with E-state index in [1.165, 1.54) is 12.2 Å². The molecule has 0 radical (unpaired) electrons. The molecule has 0 atom stereocenters. The summed E-state index contributed by atoms with van der Waals surface area (Å²) in [5.41, 5.74) is 3.02. The Bertz CT molecular complexity index is 1330. The lowest BCUT2D eigenvalue weighted by Crippen LogP contribution is -2.44. The monoisotopic (exact) mass is 502 g/mol. The van der Waals surface area contributed by atoms with Gasteiger partial charge in [0.15, 0.2) is 5.75 Å². The lowest BCUT2D eigenvalue weighted by Gasteiger charge is -2.29. The number of anilines is 1. The zero-order valence-electron chi connectivity index (χ0n) is 20.0. The molecule has 2 aromatic carbocycles. The van der Waals surface area contributed by atoms with Gasteiger partial charge in [-0.1, -0.05) is 25.3 Å². The fraction of sp³-hybridized carbons (Fsp3) is 0.308. The first kappa shape index (κ1) is 25.4. The SMILES string of the molecule is C=Cc1cc(Cn2c(N3CCNCC3)nc3c(OC(=O)C(F)(F)F)c(C)c(C)cc32)cc(C=C)c1F. The zero-order valence-corrected chi connectivity index (χ0v) is 20.0. The molecule has 10 heteroatoms. The molecule has 3 aromatic rings. The molecule has 0 unspecified atom stereocenters. The minimum atomic E-state index is -5.15. The number of hydrogen-bond donors (Lipinski definition) is 1. The van der Waals surface area contributed by atoms with Gasteiger partial charge in [0, 0.05) is 37.3 Å². The molecule has 1 N–H and O–H groups in total. The summed E-state index contributed by atoms with van der Waals surface area (Å²) in [7, 11) is 0. The van der Waals surface area contributed by atoms with E-state index >= 15 is 0 Å². The van der Waals surface area contributed by atoms with Crippen LogP contribution in [0.4, 0.5) is 23.5 Å². The quantitative estimate of drug-likeness (QED) is 0.292. The first-order valence-electron chi connectivity index (χ1n) is 11.4. The van der Waals surface area contributed by atoms with Gasteiger partial charge in [0.2, 0.25) is 5.95 Å².